The molecule has 33 heavy (non-hydrogen) atoms. The molecule has 0 atom stereocenters. The van der Waals surface area contributed by atoms with Crippen LogP contribution in [0.5, 0.6) is 0 Å². The molecule has 0 aliphatic heterocycles. The van der Waals surface area contributed by atoms with Gasteiger partial charge >= 0.3 is 0 Å². The minimum atomic E-state index is -2.82. The van der Waals surface area contributed by atoms with Crippen LogP contribution >= 0.6 is 7.26 Å². The van der Waals surface area contributed by atoms with E-state index >= 15 is 0 Å². The molecule has 5 heteroatoms. The zero-order chi connectivity index (χ0) is 23.5. The minimum absolute atomic E-state index is 0.209. The van der Waals surface area contributed by atoms with Gasteiger partial charge in [0.1, 0.15) is 23.2 Å². The molecule has 0 N–H and O–H groups in total. The van der Waals surface area contributed by atoms with E-state index in [0.29, 0.717) is 12.8 Å². The largest absolute Gasteiger partial charge is 0.545 e. The minimum Gasteiger partial charge on any atom is -0.545 e. The van der Waals surface area contributed by atoms with Crippen LogP contribution < -0.4 is 15.9 Å². The molecule has 0 aromatic heterocycles. The van der Waals surface area contributed by atoms with Crippen molar-refractivity contribution in [3.63, 3.8) is 0 Å². The first-order chi connectivity index (χ1) is 16.1. The molecule has 0 bridgehead atoms. The molecule has 170 valence electrons. The Morgan fingerprint density at radius 3 is 1.45 bits per heavy atom. The van der Waals surface area contributed by atoms with Gasteiger partial charge < -0.3 is 14.3 Å². The monoisotopic (exact) mass is 460 g/mol. The number of carbonyl (C=O) groups excluding carboxylic acids is 2. The predicted octanol–water partition coefficient (Wildman–Crippen LogP) is 4.57. The summed E-state index contributed by atoms with van der Waals surface area (Å²) >= 11 is 0. The Balaban J connectivity index is 2.38. The molecule has 0 fully saturated rings. The standard InChI is InChI=1S/C28H29O4P/c1-3-20-31-27(29)22-26(28(30)32-21-4-2)33(23-14-8-5-9-15-23,24-16-10-6-11-17-24)25-18-12-7-13-19-25/h5-19H,3-4,20-21H2,1-2H3. The maximum atomic E-state index is 13.6. The molecule has 4 nitrogen and oxygen atoms in total. The smallest absolute Gasteiger partial charge is 0.241 e. The van der Waals surface area contributed by atoms with Crippen LogP contribution in [0.25, 0.3) is 0 Å². The summed E-state index contributed by atoms with van der Waals surface area (Å²) in [6.45, 7) is 4.37. The van der Waals surface area contributed by atoms with Crippen molar-refractivity contribution < 1.29 is 19.1 Å². The van der Waals surface area contributed by atoms with Crippen molar-refractivity contribution in [1.29, 1.82) is 0 Å². The van der Waals surface area contributed by atoms with Gasteiger partial charge in [-0.25, -0.2) is 0 Å². The van der Waals surface area contributed by atoms with Gasteiger partial charge in [-0.05, 0) is 49.2 Å². The van der Waals surface area contributed by atoms with E-state index in [1.54, 1.807) is 0 Å². The highest BCUT2D eigenvalue weighted by atomic mass is 31.2. The third-order valence-corrected chi connectivity index (χ3v) is 9.24. The summed E-state index contributed by atoms with van der Waals surface area (Å²) in [6, 6.07) is 29.5. The summed E-state index contributed by atoms with van der Waals surface area (Å²) in [5.41, 5.74) is 0. The van der Waals surface area contributed by atoms with Crippen LogP contribution in [0.15, 0.2) is 96.3 Å². The molecule has 3 rings (SSSR count). The number of esters is 2. The van der Waals surface area contributed by atoms with Gasteiger partial charge in [-0.2, -0.15) is 0 Å². The summed E-state index contributed by atoms with van der Waals surface area (Å²) in [4.78, 5) is 26.4. The molecule has 0 aliphatic carbocycles. The van der Waals surface area contributed by atoms with E-state index in [-0.39, 0.29) is 18.5 Å². The van der Waals surface area contributed by atoms with E-state index in [2.05, 4.69) is 6.08 Å². The van der Waals surface area contributed by atoms with Crippen LogP contribution in [0.2, 0.25) is 0 Å². The fourth-order valence-electron chi connectivity index (χ4n) is 3.65. The van der Waals surface area contributed by atoms with Gasteiger partial charge in [-0.1, -0.05) is 68.4 Å². The highest BCUT2D eigenvalue weighted by Gasteiger charge is 2.48. The maximum absolute atomic E-state index is 13.6. The van der Waals surface area contributed by atoms with Crippen LogP contribution in [0.3, 0.4) is 0 Å². The highest BCUT2D eigenvalue weighted by molar-refractivity contribution is 7.99. The summed E-state index contributed by atoms with van der Waals surface area (Å²) in [6.07, 6.45) is 4.18. The van der Waals surface area contributed by atoms with Crippen LogP contribution in [0.4, 0.5) is 0 Å². The van der Waals surface area contributed by atoms with Crippen LogP contribution in [0, 0.1) is 6.08 Å². The molecule has 0 aliphatic rings. The molecular formula is C28H29O4P. The molecular weight excluding hydrogens is 431 g/mol. The molecule has 0 unspecified atom stereocenters. The van der Waals surface area contributed by atoms with Gasteiger partial charge in [-0.15, -0.1) is 6.08 Å². The van der Waals surface area contributed by atoms with Gasteiger partial charge in [-0.3, -0.25) is 4.79 Å². The SMILES string of the molecule is CCCOC(=O)[C-]=C(C(=O)OCCC)[P+](c1ccccc1)(c1ccccc1)c1ccccc1. The summed E-state index contributed by atoms with van der Waals surface area (Å²) in [7, 11) is -2.82. The Kier molecular flexibility index (Phi) is 8.97. The van der Waals surface area contributed by atoms with Crippen LogP contribution in [-0.4, -0.2) is 25.2 Å². The van der Waals surface area contributed by atoms with Gasteiger partial charge in [0, 0.05) is 5.31 Å². The third kappa shape index (κ3) is 5.58. The summed E-state index contributed by atoms with van der Waals surface area (Å²) in [5.74, 6) is -1.21. The topological polar surface area (TPSA) is 52.6 Å². The average Bonchev–Trinajstić information content (AvgIpc) is 2.87. The fourth-order valence-corrected chi connectivity index (χ4v) is 7.78. The normalized spacial score (nSPS) is 11.6. The Bertz CT molecular complexity index is 966. The van der Waals surface area contributed by atoms with E-state index in [1.165, 1.54) is 0 Å². The van der Waals surface area contributed by atoms with Crippen LogP contribution in [-0.2, 0) is 19.1 Å². The van der Waals surface area contributed by atoms with E-state index in [4.69, 9.17) is 9.47 Å². The van der Waals surface area contributed by atoms with Crippen molar-refractivity contribution >= 4 is 35.1 Å². The third-order valence-electron chi connectivity index (χ3n) is 5.05. The molecule has 3 aromatic rings. The molecule has 0 saturated carbocycles. The second kappa shape index (κ2) is 12.1. The van der Waals surface area contributed by atoms with Crippen molar-refractivity contribution in [3.05, 3.63) is 102 Å². The number of benzene rings is 3. The second-order valence-electron chi connectivity index (χ2n) is 7.42. The first-order valence-electron chi connectivity index (χ1n) is 11.2. The Hall–Kier alpha value is -3.23. The van der Waals surface area contributed by atoms with Gasteiger partial charge in [0.05, 0.1) is 13.2 Å². The van der Waals surface area contributed by atoms with Crippen molar-refractivity contribution in [2.45, 2.75) is 26.7 Å². The van der Waals surface area contributed by atoms with Crippen molar-refractivity contribution in [2.24, 2.45) is 0 Å². The summed E-state index contributed by atoms with van der Waals surface area (Å²) in [5, 5.41) is 3.01. The zero-order valence-electron chi connectivity index (χ0n) is 19.1. The highest BCUT2D eigenvalue weighted by Crippen LogP contribution is 2.62. The first kappa shape index (κ1) is 24.4. The lowest BCUT2D eigenvalue weighted by Crippen LogP contribution is -2.35. The Morgan fingerprint density at radius 1 is 0.667 bits per heavy atom. The Morgan fingerprint density at radius 2 is 1.06 bits per heavy atom. The quantitative estimate of drug-likeness (QED) is 0.192. The predicted molar refractivity (Wildman–Crippen MR) is 134 cm³/mol. The van der Waals surface area contributed by atoms with Crippen LogP contribution in [0.1, 0.15) is 26.7 Å². The van der Waals surface area contributed by atoms with Gasteiger partial charge in [0.2, 0.25) is 11.9 Å². The average molecular weight is 461 g/mol. The van der Waals surface area contributed by atoms with Gasteiger partial charge in [0.25, 0.3) is 0 Å². The van der Waals surface area contributed by atoms with E-state index < -0.39 is 19.2 Å². The molecule has 0 amide bonds. The van der Waals surface area contributed by atoms with E-state index in [0.717, 1.165) is 15.9 Å². The fraction of sp³-hybridized carbons (Fsp3) is 0.214. The lowest BCUT2D eigenvalue weighted by atomic mass is 10.3. The maximum Gasteiger partial charge on any atom is 0.241 e. The molecule has 0 heterocycles. The van der Waals surface area contributed by atoms with E-state index in [9.17, 15) is 9.59 Å². The van der Waals surface area contributed by atoms with Crippen molar-refractivity contribution in [1.82, 2.24) is 0 Å². The first-order valence-corrected chi connectivity index (χ1v) is 13.0. The second-order valence-corrected chi connectivity index (χ2v) is 10.8. The Labute approximate surface area is 196 Å². The summed E-state index contributed by atoms with van der Waals surface area (Å²) < 4.78 is 10.9. The lowest BCUT2D eigenvalue weighted by molar-refractivity contribution is -0.141. The molecule has 3 aromatic carbocycles. The number of hydrogen-bond acceptors (Lipinski definition) is 4. The van der Waals surface area contributed by atoms with E-state index in [1.807, 2.05) is 105 Å². The van der Waals surface area contributed by atoms with Crippen molar-refractivity contribution in [2.75, 3.05) is 13.2 Å². The molecule has 0 spiro atoms. The molecule has 0 saturated heterocycles. The number of carbonyl (C=O) groups is 2. The number of rotatable bonds is 10. The number of ether oxygens (including phenoxy) is 2. The van der Waals surface area contributed by atoms with Crippen molar-refractivity contribution in [3.8, 4) is 0 Å². The molecule has 0 radical (unpaired) electrons. The zero-order valence-corrected chi connectivity index (χ0v) is 20.0. The lowest BCUT2D eigenvalue weighted by Gasteiger charge is -2.33. The van der Waals surface area contributed by atoms with Gasteiger partial charge in [0.15, 0.2) is 0 Å². The number of hydrogen-bond donors (Lipinski definition) is 0.